The van der Waals surface area contributed by atoms with Gasteiger partial charge in [-0.3, -0.25) is 9.67 Å². The second kappa shape index (κ2) is 12.7. The van der Waals surface area contributed by atoms with Gasteiger partial charge in [-0.15, -0.1) is 10.2 Å². The van der Waals surface area contributed by atoms with Crippen molar-refractivity contribution in [1.29, 1.82) is 0 Å². The van der Waals surface area contributed by atoms with Gasteiger partial charge in [0.25, 0.3) is 0 Å². The van der Waals surface area contributed by atoms with E-state index in [2.05, 4.69) is 20.3 Å². The highest BCUT2D eigenvalue weighted by molar-refractivity contribution is 5.78. The van der Waals surface area contributed by atoms with Crippen LogP contribution < -0.4 is 10.5 Å². The normalized spacial score (nSPS) is 11.8. The Morgan fingerprint density at radius 2 is 1.97 bits per heavy atom. The Labute approximate surface area is 220 Å². The number of ether oxygens (including phenoxy) is 3. The summed E-state index contributed by atoms with van der Waals surface area (Å²) in [7, 11) is 1.57. The lowest BCUT2D eigenvalue weighted by Gasteiger charge is -2.13. The molecule has 11 heteroatoms. The van der Waals surface area contributed by atoms with Gasteiger partial charge in [0.05, 0.1) is 17.9 Å². The summed E-state index contributed by atoms with van der Waals surface area (Å²) in [6, 6.07) is 13.3. The lowest BCUT2D eigenvalue weighted by Crippen LogP contribution is -2.09. The number of nitrogens with two attached hydrogens (primary N) is 1. The molecule has 0 fully saturated rings. The number of pyridine rings is 1. The van der Waals surface area contributed by atoms with Crippen LogP contribution in [-0.4, -0.2) is 63.2 Å². The lowest BCUT2D eigenvalue weighted by molar-refractivity contribution is -0.142. The van der Waals surface area contributed by atoms with E-state index in [-0.39, 0.29) is 19.4 Å². The summed E-state index contributed by atoms with van der Waals surface area (Å²) < 4.78 is 17.6. The van der Waals surface area contributed by atoms with Crippen molar-refractivity contribution in [3.05, 3.63) is 72.3 Å². The van der Waals surface area contributed by atoms with Crippen molar-refractivity contribution in [2.75, 3.05) is 32.9 Å². The number of nitrogens with zero attached hydrogens (tertiary/aromatic N) is 5. The fraction of sp³-hybridized carbons (Fsp3) is 0.296. The van der Waals surface area contributed by atoms with Gasteiger partial charge < -0.3 is 25.1 Å². The van der Waals surface area contributed by atoms with Crippen molar-refractivity contribution >= 4 is 11.8 Å². The standard InChI is InChI=1S/C27H30N6O5/c1-18(19-9-10-21(29-13-19)6-5-11-37-16-26(34)35)33-15-20(14-30-33)23-12-24(31-32-27(23)28)22-7-3-4-8-25(22)38-17-36-2/h3-4,7-10,12-15,18H,5-6,11,16-17H2,1-2H3,(H2,28,32)(H,34,35). The summed E-state index contributed by atoms with van der Waals surface area (Å²) in [5.41, 5.74) is 11.0. The van der Waals surface area contributed by atoms with Crippen molar-refractivity contribution < 1.29 is 24.1 Å². The van der Waals surface area contributed by atoms with Crippen LogP contribution in [0.25, 0.3) is 22.4 Å². The maximum atomic E-state index is 10.5. The molecule has 1 atom stereocenters. The van der Waals surface area contributed by atoms with E-state index in [1.54, 1.807) is 13.3 Å². The average Bonchev–Trinajstić information content (AvgIpc) is 3.42. The number of hydrogen-bond donors (Lipinski definition) is 2. The molecule has 0 bridgehead atoms. The van der Waals surface area contributed by atoms with Gasteiger partial charge in [-0.25, -0.2) is 4.79 Å². The van der Waals surface area contributed by atoms with Gasteiger partial charge in [0.2, 0.25) is 0 Å². The lowest BCUT2D eigenvalue weighted by atomic mass is 10.1. The molecule has 0 radical (unpaired) electrons. The van der Waals surface area contributed by atoms with E-state index < -0.39 is 5.97 Å². The second-order valence-electron chi connectivity index (χ2n) is 8.59. The molecule has 0 amide bonds. The average molecular weight is 519 g/mol. The van der Waals surface area contributed by atoms with Crippen LogP contribution >= 0.6 is 0 Å². The number of methoxy groups -OCH3 is 1. The molecule has 4 rings (SSSR count). The number of para-hydroxylation sites is 1. The van der Waals surface area contributed by atoms with Crippen LogP contribution in [0.2, 0.25) is 0 Å². The van der Waals surface area contributed by atoms with Crippen molar-refractivity contribution in [2.45, 2.75) is 25.8 Å². The predicted octanol–water partition coefficient (Wildman–Crippen LogP) is 3.61. The van der Waals surface area contributed by atoms with E-state index in [9.17, 15) is 4.79 Å². The Morgan fingerprint density at radius 3 is 2.74 bits per heavy atom. The maximum absolute atomic E-state index is 10.5. The molecule has 0 aliphatic rings. The van der Waals surface area contributed by atoms with Gasteiger partial charge in [0.15, 0.2) is 12.6 Å². The topological polar surface area (TPSA) is 148 Å². The minimum absolute atomic E-state index is 0.0668. The molecule has 0 aliphatic carbocycles. The number of carbonyl (C=O) groups is 1. The first-order chi connectivity index (χ1) is 18.5. The van der Waals surface area contributed by atoms with Crippen molar-refractivity contribution in [3.63, 3.8) is 0 Å². The van der Waals surface area contributed by atoms with Crippen molar-refractivity contribution in [3.8, 4) is 28.1 Å². The van der Waals surface area contributed by atoms with Gasteiger partial charge in [-0.2, -0.15) is 5.10 Å². The Kier molecular flexibility index (Phi) is 8.96. The Morgan fingerprint density at radius 1 is 1.13 bits per heavy atom. The summed E-state index contributed by atoms with van der Waals surface area (Å²) in [6.45, 7) is 2.25. The molecule has 4 aromatic rings. The number of nitrogen functional groups attached to an aromatic ring is 1. The zero-order chi connectivity index (χ0) is 26.9. The first kappa shape index (κ1) is 26.7. The number of rotatable bonds is 13. The van der Waals surface area contributed by atoms with Gasteiger partial charge >= 0.3 is 5.97 Å². The second-order valence-corrected chi connectivity index (χ2v) is 8.59. The summed E-state index contributed by atoms with van der Waals surface area (Å²) in [5.74, 6) is -0.0357. The van der Waals surface area contributed by atoms with Crippen molar-refractivity contribution in [2.24, 2.45) is 0 Å². The van der Waals surface area contributed by atoms with E-state index in [0.29, 0.717) is 42.3 Å². The molecular formula is C27H30N6O5. The fourth-order valence-electron chi connectivity index (χ4n) is 3.88. The predicted molar refractivity (Wildman–Crippen MR) is 140 cm³/mol. The summed E-state index contributed by atoms with van der Waals surface area (Å²) in [5, 5.41) is 21.6. The molecule has 0 spiro atoms. The van der Waals surface area contributed by atoms with Crippen LogP contribution in [0.4, 0.5) is 5.82 Å². The van der Waals surface area contributed by atoms with Crippen molar-refractivity contribution in [1.82, 2.24) is 25.0 Å². The molecule has 1 unspecified atom stereocenters. The molecule has 38 heavy (non-hydrogen) atoms. The smallest absolute Gasteiger partial charge is 0.329 e. The molecule has 0 aliphatic heterocycles. The number of anilines is 1. The van der Waals surface area contributed by atoms with Gasteiger partial charge in [-0.1, -0.05) is 18.2 Å². The first-order valence-electron chi connectivity index (χ1n) is 12.1. The summed E-state index contributed by atoms with van der Waals surface area (Å²) in [6.07, 6.45) is 6.90. The molecule has 0 saturated carbocycles. The summed E-state index contributed by atoms with van der Waals surface area (Å²) in [4.78, 5) is 15.0. The Hall–Kier alpha value is -4.35. The zero-order valence-electron chi connectivity index (χ0n) is 21.3. The third-order valence-corrected chi connectivity index (χ3v) is 5.90. The largest absolute Gasteiger partial charge is 0.480 e. The Balaban J connectivity index is 1.47. The van der Waals surface area contributed by atoms with Gasteiger partial charge in [0.1, 0.15) is 12.4 Å². The van der Waals surface area contributed by atoms with Crippen LogP contribution in [0.3, 0.4) is 0 Å². The Bertz CT molecular complexity index is 1360. The van der Waals surface area contributed by atoms with Crippen LogP contribution in [0.1, 0.15) is 30.6 Å². The number of aliphatic carboxylic acids is 1. The van der Waals surface area contributed by atoms with Crippen LogP contribution in [0.5, 0.6) is 5.75 Å². The number of aryl methyl sites for hydroxylation is 1. The number of carboxylic acid groups (broad SMARTS) is 1. The van der Waals surface area contributed by atoms with E-state index in [1.165, 1.54) is 0 Å². The van der Waals surface area contributed by atoms with Crippen LogP contribution in [-0.2, 0) is 20.7 Å². The van der Waals surface area contributed by atoms with E-state index in [1.807, 2.05) is 66.5 Å². The minimum Gasteiger partial charge on any atom is -0.480 e. The molecule has 1 aromatic carbocycles. The molecule has 3 N–H and O–H groups in total. The van der Waals surface area contributed by atoms with Gasteiger partial charge in [-0.05, 0) is 49.6 Å². The number of hydrogen-bond acceptors (Lipinski definition) is 9. The SMILES string of the molecule is COCOc1ccccc1-c1cc(-c2cnn(C(C)c3ccc(CCCOCC(=O)O)nc3)c2)c(N)nn1. The maximum Gasteiger partial charge on any atom is 0.329 e. The van der Waals surface area contributed by atoms with E-state index in [0.717, 1.165) is 22.4 Å². The molecule has 11 nitrogen and oxygen atoms in total. The molecule has 3 aromatic heterocycles. The third kappa shape index (κ3) is 6.69. The van der Waals surface area contributed by atoms with E-state index in [4.69, 9.17) is 25.1 Å². The van der Waals surface area contributed by atoms with E-state index >= 15 is 0 Å². The van der Waals surface area contributed by atoms with Crippen LogP contribution in [0, 0.1) is 0 Å². The molecule has 0 saturated heterocycles. The monoisotopic (exact) mass is 518 g/mol. The zero-order valence-corrected chi connectivity index (χ0v) is 21.3. The third-order valence-electron chi connectivity index (χ3n) is 5.90. The number of benzene rings is 1. The fourth-order valence-corrected chi connectivity index (χ4v) is 3.88. The van der Waals surface area contributed by atoms with Gasteiger partial charge in [0, 0.05) is 48.5 Å². The number of carboxylic acids is 1. The molecule has 198 valence electrons. The molecular weight excluding hydrogens is 488 g/mol. The quantitative estimate of drug-likeness (QED) is 0.199. The highest BCUT2D eigenvalue weighted by atomic mass is 16.7. The highest BCUT2D eigenvalue weighted by Gasteiger charge is 2.16. The highest BCUT2D eigenvalue weighted by Crippen LogP contribution is 2.33. The number of aromatic nitrogens is 5. The minimum atomic E-state index is -0.968. The molecule has 3 heterocycles. The first-order valence-corrected chi connectivity index (χ1v) is 12.1. The summed E-state index contributed by atoms with van der Waals surface area (Å²) >= 11 is 0. The van der Waals surface area contributed by atoms with Crippen LogP contribution in [0.15, 0.2) is 61.1 Å².